The maximum atomic E-state index is 12.2. The van der Waals surface area contributed by atoms with E-state index in [1.165, 1.54) is 44.2 Å². The molecule has 0 radical (unpaired) electrons. The van der Waals surface area contributed by atoms with Gasteiger partial charge >= 0.3 is 5.97 Å². The van der Waals surface area contributed by atoms with Gasteiger partial charge in [-0.2, -0.15) is 0 Å². The maximum Gasteiger partial charge on any atom is 0.337 e. The molecule has 2 aromatic rings. The first-order valence-electron chi connectivity index (χ1n) is 10.6. The molecule has 0 aromatic heterocycles. The number of hydrogen-bond acceptors (Lipinski definition) is 3. The molecule has 5 heteroatoms. The fourth-order valence-corrected chi connectivity index (χ4v) is 3.75. The van der Waals surface area contributed by atoms with Crippen LogP contribution in [-0.4, -0.2) is 23.1 Å². The maximum absolute atomic E-state index is 12.2. The molecular weight excluding hydrogens is 378 g/mol. The third-order valence-electron chi connectivity index (χ3n) is 5.39. The lowest BCUT2D eigenvalue weighted by Gasteiger charge is -2.22. The molecule has 0 spiro atoms. The van der Waals surface area contributed by atoms with Crippen molar-refractivity contribution in [3.05, 3.63) is 65.2 Å². The van der Waals surface area contributed by atoms with Crippen LogP contribution in [0.1, 0.15) is 66.4 Å². The summed E-state index contributed by atoms with van der Waals surface area (Å²) < 4.78 is 6.26. The number of aromatic carboxylic acids is 1. The molecule has 2 aromatic carbocycles. The second-order valence-electron chi connectivity index (χ2n) is 7.78. The van der Waals surface area contributed by atoms with Crippen LogP contribution in [0.5, 0.6) is 5.75 Å². The molecule has 158 valence electrons. The Balaban J connectivity index is 1.61. The van der Waals surface area contributed by atoms with Gasteiger partial charge in [0.05, 0.1) is 17.4 Å². The standard InChI is InChI=1S/C25H29NO4/c1-18-17-19(13-15-23(18)30-20-9-5-3-2-4-6-10-20)14-16-24(27)26-22-12-8-7-11-21(22)25(28)29/h7-8,11-17,20H,2-6,9-10H2,1H3,(H,26,27)(H,28,29)/b16-14+. The van der Waals surface area contributed by atoms with E-state index in [1.54, 1.807) is 24.3 Å². The average Bonchev–Trinajstić information content (AvgIpc) is 2.70. The van der Waals surface area contributed by atoms with Crippen LogP contribution in [0.3, 0.4) is 0 Å². The Labute approximate surface area is 177 Å². The molecule has 1 saturated carbocycles. The molecule has 0 bridgehead atoms. The molecule has 1 fully saturated rings. The van der Waals surface area contributed by atoms with Crippen molar-refractivity contribution in [2.75, 3.05) is 5.32 Å². The zero-order chi connectivity index (χ0) is 21.3. The van der Waals surface area contributed by atoms with Gasteiger partial charge in [0, 0.05) is 6.08 Å². The number of anilines is 1. The Kier molecular flexibility index (Phi) is 7.66. The van der Waals surface area contributed by atoms with Gasteiger partial charge in [-0.05, 0) is 74.1 Å². The van der Waals surface area contributed by atoms with Crippen molar-refractivity contribution in [1.82, 2.24) is 0 Å². The molecule has 0 unspecified atom stereocenters. The van der Waals surface area contributed by atoms with E-state index >= 15 is 0 Å². The number of rotatable bonds is 6. The largest absolute Gasteiger partial charge is 0.490 e. The third-order valence-corrected chi connectivity index (χ3v) is 5.39. The highest BCUT2D eigenvalue weighted by molar-refractivity contribution is 6.06. The quantitative estimate of drug-likeness (QED) is 0.590. The molecule has 0 atom stereocenters. The monoisotopic (exact) mass is 407 g/mol. The fourth-order valence-electron chi connectivity index (χ4n) is 3.75. The summed E-state index contributed by atoms with van der Waals surface area (Å²) in [5.41, 5.74) is 2.26. The van der Waals surface area contributed by atoms with Crippen LogP contribution in [0.15, 0.2) is 48.5 Å². The zero-order valence-corrected chi connectivity index (χ0v) is 17.4. The number of carboxylic acid groups (broad SMARTS) is 1. The molecule has 1 aliphatic rings. The van der Waals surface area contributed by atoms with Crippen molar-refractivity contribution in [3.8, 4) is 5.75 Å². The number of carbonyl (C=O) groups excluding carboxylic acids is 1. The lowest BCUT2D eigenvalue weighted by molar-refractivity contribution is -0.111. The highest BCUT2D eigenvalue weighted by Gasteiger charge is 2.14. The van der Waals surface area contributed by atoms with Crippen LogP contribution in [0.25, 0.3) is 6.08 Å². The van der Waals surface area contributed by atoms with Crippen LogP contribution in [0.2, 0.25) is 0 Å². The number of hydrogen-bond donors (Lipinski definition) is 2. The van der Waals surface area contributed by atoms with E-state index in [4.69, 9.17) is 4.74 Å². The van der Waals surface area contributed by atoms with Crippen molar-refractivity contribution < 1.29 is 19.4 Å². The van der Waals surface area contributed by atoms with Crippen LogP contribution >= 0.6 is 0 Å². The zero-order valence-electron chi connectivity index (χ0n) is 17.4. The first-order chi connectivity index (χ1) is 14.5. The summed E-state index contributed by atoms with van der Waals surface area (Å²) in [6.07, 6.45) is 12.0. The summed E-state index contributed by atoms with van der Waals surface area (Å²) in [6, 6.07) is 12.2. The van der Waals surface area contributed by atoms with Gasteiger partial charge in [-0.25, -0.2) is 4.79 Å². The highest BCUT2D eigenvalue weighted by Crippen LogP contribution is 2.26. The summed E-state index contributed by atoms with van der Waals surface area (Å²) in [6.45, 7) is 2.01. The number of carbonyl (C=O) groups is 2. The lowest BCUT2D eigenvalue weighted by Crippen LogP contribution is -2.18. The SMILES string of the molecule is Cc1cc(/C=C/C(=O)Nc2ccccc2C(=O)O)ccc1OC1CCCCCCC1. The molecule has 5 nitrogen and oxygen atoms in total. The molecule has 2 N–H and O–H groups in total. The molecule has 0 saturated heterocycles. The van der Waals surface area contributed by atoms with Gasteiger partial charge in [-0.15, -0.1) is 0 Å². The molecule has 0 heterocycles. The predicted molar refractivity (Wildman–Crippen MR) is 119 cm³/mol. The second kappa shape index (κ2) is 10.6. The van der Waals surface area contributed by atoms with E-state index < -0.39 is 5.97 Å². The summed E-state index contributed by atoms with van der Waals surface area (Å²) in [7, 11) is 0. The van der Waals surface area contributed by atoms with Crippen molar-refractivity contribution in [2.45, 2.75) is 58.0 Å². The van der Waals surface area contributed by atoms with E-state index in [1.807, 2.05) is 25.1 Å². The van der Waals surface area contributed by atoms with E-state index in [-0.39, 0.29) is 23.3 Å². The summed E-state index contributed by atoms with van der Waals surface area (Å²) in [4.78, 5) is 23.5. The first-order valence-corrected chi connectivity index (χ1v) is 10.6. The van der Waals surface area contributed by atoms with Crippen LogP contribution < -0.4 is 10.1 Å². The third kappa shape index (κ3) is 6.21. The highest BCUT2D eigenvalue weighted by atomic mass is 16.5. The van der Waals surface area contributed by atoms with Gasteiger partial charge in [-0.3, -0.25) is 4.79 Å². The minimum Gasteiger partial charge on any atom is -0.490 e. The molecule has 1 aliphatic carbocycles. The van der Waals surface area contributed by atoms with Gasteiger partial charge in [0.15, 0.2) is 0 Å². The number of nitrogens with one attached hydrogen (secondary N) is 1. The van der Waals surface area contributed by atoms with E-state index in [0.29, 0.717) is 0 Å². The van der Waals surface area contributed by atoms with Crippen molar-refractivity contribution in [3.63, 3.8) is 0 Å². The van der Waals surface area contributed by atoms with Crippen LogP contribution in [-0.2, 0) is 4.79 Å². The number of carboxylic acids is 1. The molecule has 0 aliphatic heterocycles. The Bertz CT molecular complexity index is 911. The number of para-hydroxylation sites is 1. The lowest BCUT2D eigenvalue weighted by atomic mass is 9.98. The fraction of sp³-hybridized carbons (Fsp3) is 0.360. The topological polar surface area (TPSA) is 75.6 Å². The first kappa shape index (κ1) is 21.6. The smallest absolute Gasteiger partial charge is 0.337 e. The van der Waals surface area contributed by atoms with Gasteiger partial charge in [0.25, 0.3) is 0 Å². The predicted octanol–water partition coefficient (Wildman–Crippen LogP) is 5.84. The Morgan fingerprint density at radius 1 is 1.03 bits per heavy atom. The Morgan fingerprint density at radius 3 is 2.43 bits per heavy atom. The summed E-state index contributed by atoms with van der Waals surface area (Å²) in [5.74, 6) is -0.556. The van der Waals surface area contributed by atoms with Gasteiger partial charge in [0.1, 0.15) is 5.75 Å². The second-order valence-corrected chi connectivity index (χ2v) is 7.78. The molecule has 3 rings (SSSR count). The summed E-state index contributed by atoms with van der Waals surface area (Å²) >= 11 is 0. The van der Waals surface area contributed by atoms with Gasteiger partial charge in [-0.1, -0.05) is 37.5 Å². The molecule has 30 heavy (non-hydrogen) atoms. The normalized spacial score (nSPS) is 15.4. The van der Waals surface area contributed by atoms with Crippen molar-refractivity contribution >= 4 is 23.6 Å². The number of ether oxygens (including phenoxy) is 1. The van der Waals surface area contributed by atoms with E-state index in [2.05, 4.69) is 5.32 Å². The minimum absolute atomic E-state index is 0.0609. The van der Waals surface area contributed by atoms with E-state index in [9.17, 15) is 14.7 Å². The number of aryl methyl sites for hydroxylation is 1. The van der Waals surface area contributed by atoms with Gasteiger partial charge < -0.3 is 15.2 Å². The van der Waals surface area contributed by atoms with Gasteiger partial charge in [0.2, 0.25) is 5.91 Å². The Hall–Kier alpha value is -3.08. The van der Waals surface area contributed by atoms with Crippen molar-refractivity contribution in [1.29, 1.82) is 0 Å². The van der Waals surface area contributed by atoms with Crippen LogP contribution in [0, 0.1) is 6.92 Å². The average molecular weight is 408 g/mol. The minimum atomic E-state index is -1.08. The molecular formula is C25H29NO4. The van der Waals surface area contributed by atoms with E-state index in [0.717, 1.165) is 29.7 Å². The number of benzene rings is 2. The molecule has 1 amide bonds. The van der Waals surface area contributed by atoms with Crippen molar-refractivity contribution in [2.24, 2.45) is 0 Å². The Morgan fingerprint density at radius 2 is 1.73 bits per heavy atom. The van der Waals surface area contributed by atoms with Crippen LogP contribution in [0.4, 0.5) is 5.69 Å². The summed E-state index contributed by atoms with van der Waals surface area (Å²) in [5, 5.41) is 11.8. The number of amides is 1.